The van der Waals surface area contributed by atoms with Crippen LogP contribution in [0, 0.1) is 25.5 Å². The molecule has 5 aromatic carbocycles. The zero-order chi connectivity index (χ0) is 64.2. The molecule has 0 saturated heterocycles. The number of aromatic nitrogens is 4. The van der Waals surface area contributed by atoms with Crippen molar-refractivity contribution in [2.45, 2.75) is 108 Å². The SMILES string of the molecule is C/C=C(\C=C/COCCOCCCC)c1cc(F)c(OC)c(/C=C/C(=O)Nc2ccc([S@@](=O)Cc3c(C)ncn3CCCCCCOCCOc3ccc(-c4cc(F)c(OC)c(/C=C/C(=O)Nc5ccc([S@](=O)Cc6c(C)ncn6CC)cc5)c4)cc3)cc2)c1. The standard InChI is InChI=1S/C70H82F2N6O10S2/c1-8-11-35-85-38-39-87-37-16-17-52(9-2)56-42-54(69(83-6)63(71)44-56)20-32-67(79)75-59-24-30-62(31-25-59)90(82)47-66-51(5)74-49-78(66)34-14-12-13-15-36-86-40-41-88-60-26-18-53(19-27-60)57-43-55(70(84-7)64(72)45-57)21-33-68(80)76-58-22-28-61(29-23-58)89(81)46-65-50(4)73-48-77(65)10-3/h9,16-33,42-45,48-49H,8,10-15,34-41,46-47H2,1-7H3,(H,75,79)(H,76,80)/b17-16-,32-20+,33-21+,52-9+/t89-,90+/m1/s1. The normalized spacial score (nSPS) is 12.5. The minimum Gasteiger partial charge on any atom is -0.493 e. The number of unbranched alkanes of at least 4 members (excludes halogenated alkanes) is 4. The lowest BCUT2D eigenvalue weighted by atomic mass is 10.0. The first kappa shape index (κ1) is 69.3. The Hall–Kier alpha value is -8.14. The quantitative estimate of drug-likeness (QED) is 0.0214. The van der Waals surface area contributed by atoms with Crippen molar-refractivity contribution < 1.29 is 55.2 Å². The number of methoxy groups -OCH3 is 2. The van der Waals surface area contributed by atoms with Crippen LogP contribution in [0.25, 0.3) is 28.9 Å². The number of amides is 2. The number of hydrogen-bond acceptors (Lipinski definition) is 12. The van der Waals surface area contributed by atoms with Crippen molar-refractivity contribution in [3.8, 4) is 28.4 Å². The van der Waals surface area contributed by atoms with Gasteiger partial charge < -0.3 is 48.2 Å². The van der Waals surface area contributed by atoms with E-state index in [1.165, 1.54) is 50.7 Å². The number of anilines is 2. The molecule has 0 bridgehead atoms. The van der Waals surface area contributed by atoms with E-state index in [1.807, 2.05) is 74.8 Å². The molecular weight excluding hydrogens is 1190 g/mol. The summed E-state index contributed by atoms with van der Waals surface area (Å²) in [5.41, 5.74) is 8.03. The van der Waals surface area contributed by atoms with Gasteiger partial charge in [0.2, 0.25) is 11.8 Å². The van der Waals surface area contributed by atoms with Crippen molar-refractivity contribution in [1.29, 1.82) is 0 Å². The van der Waals surface area contributed by atoms with Gasteiger partial charge in [-0.15, -0.1) is 0 Å². The van der Waals surface area contributed by atoms with Crippen molar-refractivity contribution in [3.63, 3.8) is 0 Å². The molecule has 2 aromatic heterocycles. The van der Waals surface area contributed by atoms with E-state index >= 15 is 8.78 Å². The zero-order valence-electron chi connectivity index (χ0n) is 52.4. The van der Waals surface area contributed by atoms with Crippen LogP contribution < -0.4 is 24.8 Å². The van der Waals surface area contributed by atoms with Gasteiger partial charge >= 0.3 is 0 Å². The van der Waals surface area contributed by atoms with E-state index in [2.05, 4.69) is 32.1 Å². The monoisotopic (exact) mass is 1270 g/mol. The second kappa shape index (κ2) is 36.5. The van der Waals surface area contributed by atoms with E-state index in [9.17, 15) is 18.0 Å². The minimum absolute atomic E-state index is 0.00645. The van der Waals surface area contributed by atoms with Crippen molar-refractivity contribution in [3.05, 3.63) is 191 Å². The molecule has 90 heavy (non-hydrogen) atoms. The molecule has 16 nitrogen and oxygen atoms in total. The Labute approximate surface area is 532 Å². The Morgan fingerprint density at radius 3 is 1.70 bits per heavy atom. The summed E-state index contributed by atoms with van der Waals surface area (Å²) in [4.78, 5) is 36.1. The van der Waals surface area contributed by atoms with Crippen LogP contribution in [0.1, 0.15) is 98.8 Å². The smallest absolute Gasteiger partial charge is 0.248 e. The predicted molar refractivity (Wildman–Crippen MR) is 353 cm³/mol. The molecule has 7 rings (SSSR count). The summed E-state index contributed by atoms with van der Waals surface area (Å²) >= 11 is 0. The zero-order valence-corrected chi connectivity index (χ0v) is 54.0. The first-order valence-electron chi connectivity index (χ1n) is 30.2. The molecular formula is C70H82F2N6O10S2. The van der Waals surface area contributed by atoms with Crippen LogP contribution in [-0.4, -0.2) is 99.8 Å². The lowest BCUT2D eigenvalue weighted by Gasteiger charge is -2.11. The molecule has 0 spiro atoms. The first-order chi connectivity index (χ1) is 43.7. The fraction of sp³-hybridized carbons (Fsp3) is 0.343. The van der Waals surface area contributed by atoms with Gasteiger partial charge in [-0.1, -0.05) is 56.5 Å². The van der Waals surface area contributed by atoms with E-state index in [0.29, 0.717) is 94.6 Å². The topological polar surface area (TPSA) is 183 Å². The van der Waals surface area contributed by atoms with Gasteiger partial charge in [-0.3, -0.25) is 18.0 Å². The summed E-state index contributed by atoms with van der Waals surface area (Å²) in [7, 11) is 0.0841. The summed E-state index contributed by atoms with van der Waals surface area (Å²) in [5.74, 6) is -0.717. The van der Waals surface area contributed by atoms with E-state index < -0.39 is 45.0 Å². The van der Waals surface area contributed by atoms with Crippen molar-refractivity contribution in [2.75, 3.05) is 71.1 Å². The third-order valence-electron chi connectivity index (χ3n) is 14.6. The third-order valence-corrected chi connectivity index (χ3v) is 17.3. The van der Waals surface area contributed by atoms with Gasteiger partial charge in [0.15, 0.2) is 23.1 Å². The molecule has 2 N–H and O–H groups in total. The number of benzene rings is 5. The van der Waals surface area contributed by atoms with E-state index in [1.54, 1.807) is 73.3 Å². The van der Waals surface area contributed by atoms with Gasteiger partial charge in [0, 0.05) is 70.7 Å². The van der Waals surface area contributed by atoms with E-state index in [0.717, 1.165) is 92.1 Å². The van der Waals surface area contributed by atoms with Crippen LogP contribution in [0.2, 0.25) is 0 Å². The number of carbonyl (C=O) groups excluding carboxylic acids is 2. The highest BCUT2D eigenvalue weighted by molar-refractivity contribution is 7.84. The Bertz CT molecular complexity index is 3640. The number of imidazole rings is 2. The van der Waals surface area contributed by atoms with Crippen LogP contribution in [0.4, 0.5) is 20.2 Å². The molecule has 0 aliphatic rings. The van der Waals surface area contributed by atoms with Gasteiger partial charge in [-0.05, 0) is 166 Å². The number of nitrogens with one attached hydrogen (secondary N) is 2. The van der Waals surface area contributed by atoms with Gasteiger partial charge in [-0.2, -0.15) is 0 Å². The average Bonchev–Trinajstić information content (AvgIpc) is 1.80. The van der Waals surface area contributed by atoms with E-state index in [-0.39, 0.29) is 17.3 Å². The maximum absolute atomic E-state index is 15.4. The minimum atomic E-state index is -1.37. The van der Waals surface area contributed by atoms with Crippen molar-refractivity contribution in [2.24, 2.45) is 0 Å². The number of rotatable bonds is 37. The number of nitrogens with zero attached hydrogens (tertiary/aromatic N) is 4. The summed E-state index contributed by atoms with van der Waals surface area (Å²) in [6.07, 6.45) is 20.6. The van der Waals surface area contributed by atoms with Crippen LogP contribution >= 0.6 is 0 Å². The summed E-state index contributed by atoms with van der Waals surface area (Å²) in [6, 6.07) is 27.3. The van der Waals surface area contributed by atoms with E-state index in [4.69, 9.17) is 28.4 Å². The summed E-state index contributed by atoms with van der Waals surface area (Å²) in [6.45, 7) is 14.8. The highest BCUT2D eigenvalue weighted by Crippen LogP contribution is 2.33. The van der Waals surface area contributed by atoms with Crippen LogP contribution in [0.5, 0.6) is 17.2 Å². The number of hydrogen-bond donors (Lipinski definition) is 2. The van der Waals surface area contributed by atoms with Crippen LogP contribution in [0.3, 0.4) is 0 Å². The maximum atomic E-state index is 15.4. The molecule has 0 unspecified atom stereocenters. The molecule has 7 aromatic rings. The molecule has 2 amide bonds. The highest BCUT2D eigenvalue weighted by atomic mass is 32.2. The summed E-state index contributed by atoms with van der Waals surface area (Å²) in [5, 5.41) is 5.63. The average molecular weight is 1270 g/mol. The molecule has 478 valence electrons. The molecule has 0 fully saturated rings. The molecule has 2 atom stereocenters. The van der Waals surface area contributed by atoms with Crippen LogP contribution in [-0.2, 0) is 70.0 Å². The summed E-state index contributed by atoms with van der Waals surface area (Å²) < 4.78 is 95.1. The predicted octanol–water partition coefficient (Wildman–Crippen LogP) is 14.0. The largest absolute Gasteiger partial charge is 0.493 e. The molecule has 0 radical (unpaired) electrons. The number of carbonyl (C=O) groups is 2. The Balaban J connectivity index is 0.783. The first-order valence-corrected chi connectivity index (χ1v) is 32.9. The Morgan fingerprint density at radius 2 is 1.12 bits per heavy atom. The molecule has 20 heteroatoms. The van der Waals surface area contributed by atoms with Gasteiger partial charge in [0.25, 0.3) is 0 Å². The molecule has 0 saturated carbocycles. The lowest BCUT2D eigenvalue weighted by Crippen LogP contribution is -2.09. The second-order valence-electron chi connectivity index (χ2n) is 21.0. The number of ether oxygens (including phenoxy) is 6. The molecule has 0 aliphatic heterocycles. The highest BCUT2D eigenvalue weighted by Gasteiger charge is 2.17. The van der Waals surface area contributed by atoms with Crippen LogP contribution in [0.15, 0.2) is 150 Å². The van der Waals surface area contributed by atoms with Crippen molar-refractivity contribution >= 4 is 62.5 Å². The Kier molecular flexibility index (Phi) is 28.1. The molecule has 0 aliphatic carbocycles. The maximum Gasteiger partial charge on any atom is 0.248 e. The third kappa shape index (κ3) is 21.0. The number of halogens is 2. The van der Waals surface area contributed by atoms with Gasteiger partial charge in [-0.25, -0.2) is 18.7 Å². The van der Waals surface area contributed by atoms with Crippen molar-refractivity contribution in [1.82, 2.24) is 19.1 Å². The Morgan fingerprint density at radius 1 is 0.589 bits per heavy atom. The van der Waals surface area contributed by atoms with Gasteiger partial charge in [0.05, 0.1) is 109 Å². The van der Waals surface area contributed by atoms with Gasteiger partial charge in [0.1, 0.15) is 12.4 Å². The fourth-order valence-electron chi connectivity index (χ4n) is 9.65. The fourth-order valence-corrected chi connectivity index (χ4v) is 12.1. The number of allylic oxidation sites excluding steroid dienone is 3. The lowest BCUT2D eigenvalue weighted by molar-refractivity contribution is -0.112. The number of aryl methyl sites for hydroxylation is 4. The molecule has 2 heterocycles. The second-order valence-corrected chi connectivity index (χ2v) is 23.9.